The van der Waals surface area contributed by atoms with E-state index in [2.05, 4.69) is 20.9 Å². The van der Waals surface area contributed by atoms with Gasteiger partial charge in [0.2, 0.25) is 5.89 Å². The number of rotatable bonds is 9. The first kappa shape index (κ1) is 25.0. The largest absolute Gasteiger partial charge is 0.493 e. The molecule has 0 aliphatic heterocycles. The van der Waals surface area contributed by atoms with Gasteiger partial charge in [-0.2, -0.15) is 0 Å². The molecule has 0 unspecified atom stereocenters. The Kier molecular flexibility index (Phi) is 8.32. The number of hydrogen-bond donors (Lipinski definition) is 1. The fourth-order valence-electron chi connectivity index (χ4n) is 3.35. The summed E-state index contributed by atoms with van der Waals surface area (Å²) in [4.78, 5) is 16.6. The van der Waals surface area contributed by atoms with Gasteiger partial charge in [-0.25, -0.2) is 4.98 Å². The summed E-state index contributed by atoms with van der Waals surface area (Å²) in [6, 6.07) is 13.4. The topological polar surface area (TPSA) is 81.8 Å². The Morgan fingerprint density at radius 2 is 1.82 bits per heavy atom. The van der Waals surface area contributed by atoms with Crippen LogP contribution in [0.25, 0.3) is 11.5 Å². The number of ether oxygens (including phenoxy) is 2. The quantitative estimate of drug-likeness (QED) is 0.362. The number of benzene rings is 2. The van der Waals surface area contributed by atoms with Gasteiger partial charge in [-0.3, -0.25) is 4.79 Å². The lowest BCUT2D eigenvalue weighted by atomic mass is 10.0. The third kappa shape index (κ3) is 7.44. The second-order valence-electron chi connectivity index (χ2n) is 8.80. The normalized spacial score (nSPS) is 11.5. The second-order valence-corrected chi connectivity index (χ2v) is 9.72. The maximum atomic E-state index is 12.0. The number of nitrogens with zero attached hydrogens (tertiary/aromatic N) is 1. The Labute approximate surface area is 203 Å². The molecule has 0 spiro atoms. The number of hydrogen-bond acceptors (Lipinski definition) is 6. The fraction of sp³-hybridized carbons (Fsp3) is 0.385. The van der Waals surface area contributed by atoms with Crippen LogP contribution in [0.1, 0.15) is 49.8 Å². The Morgan fingerprint density at radius 1 is 1.09 bits per heavy atom. The van der Waals surface area contributed by atoms with E-state index < -0.39 is 5.60 Å². The van der Waals surface area contributed by atoms with Crippen molar-refractivity contribution < 1.29 is 23.8 Å². The molecule has 33 heavy (non-hydrogen) atoms. The molecule has 0 fully saturated rings. The van der Waals surface area contributed by atoms with E-state index in [9.17, 15) is 9.90 Å². The van der Waals surface area contributed by atoms with E-state index in [4.69, 9.17) is 13.9 Å². The Bertz CT molecular complexity index is 1080. The highest BCUT2D eigenvalue weighted by molar-refractivity contribution is 9.10. The smallest absolute Gasteiger partial charge is 0.306 e. The van der Waals surface area contributed by atoms with Crippen LogP contribution in [0.4, 0.5) is 0 Å². The molecular weight excluding hydrogens is 486 g/mol. The lowest BCUT2D eigenvalue weighted by Crippen LogP contribution is -2.24. The van der Waals surface area contributed by atoms with Crippen molar-refractivity contribution in [3.63, 3.8) is 0 Å². The summed E-state index contributed by atoms with van der Waals surface area (Å²) in [7, 11) is 0. The summed E-state index contributed by atoms with van der Waals surface area (Å²) in [5.74, 6) is 1.77. The number of oxazole rings is 1. The molecule has 0 amide bonds. The molecule has 3 rings (SSSR count). The molecular formula is C26H30BrNO5. The van der Waals surface area contributed by atoms with Crippen molar-refractivity contribution in [2.75, 3.05) is 6.61 Å². The van der Waals surface area contributed by atoms with E-state index in [1.165, 1.54) is 0 Å². The number of carbonyl (C=O) groups excluding carboxylic acids is 1. The predicted molar refractivity (Wildman–Crippen MR) is 130 cm³/mol. The summed E-state index contributed by atoms with van der Waals surface area (Å²) < 4.78 is 18.1. The van der Waals surface area contributed by atoms with Crippen molar-refractivity contribution in [3.8, 4) is 17.2 Å². The number of aliphatic hydroxyl groups excluding tert-OH is 1. The molecule has 0 saturated carbocycles. The van der Waals surface area contributed by atoms with Crippen LogP contribution in [-0.4, -0.2) is 28.3 Å². The zero-order valence-electron chi connectivity index (χ0n) is 19.5. The molecule has 0 aliphatic rings. The molecule has 2 aromatic carbocycles. The van der Waals surface area contributed by atoms with Crippen molar-refractivity contribution in [3.05, 3.63) is 69.5 Å². The molecule has 0 saturated heterocycles. The minimum atomic E-state index is -0.504. The van der Waals surface area contributed by atoms with Gasteiger partial charge >= 0.3 is 5.97 Å². The van der Waals surface area contributed by atoms with Gasteiger partial charge in [0, 0.05) is 22.9 Å². The van der Waals surface area contributed by atoms with E-state index in [0.717, 1.165) is 32.6 Å². The van der Waals surface area contributed by atoms with Gasteiger partial charge in [0.15, 0.2) is 0 Å². The monoisotopic (exact) mass is 515 g/mol. The summed E-state index contributed by atoms with van der Waals surface area (Å²) in [5.41, 5.74) is 2.91. The number of aromatic nitrogens is 1. The molecule has 7 heteroatoms. The molecule has 0 atom stereocenters. The van der Waals surface area contributed by atoms with Crippen LogP contribution in [0.15, 0.2) is 51.4 Å². The van der Waals surface area contributed by atoms with Gasteiger partial charge < -0.3 is 19.0 Å². The Hall–Kier alpha value is -2.64. The average molecular weight is 516 g/mol. The van der Waals surface area contributed by atoms with E-state index >= 15 is 0 Å². The average Bonchev–Trinajstić information content (AvgIpc) is 3.12. The number of aryl methyl sites for hydroxylation is 2. The SMILES string of the molecule is Cc1oc(-c2ccc(Br)cc2)nc1CCOc1ccc(CCC(=O)OC(C)(C)C)c(CO)c1. The van der Waals surface area contributed by atoms with Crippen molar-refractivity contribution in [1.29, 1.82) is 0 Å². The van der Waals surface area contributed by atoms with E-state index in [0.29, 0.717) is 31.1 Å². The van der Waals surface area contributed by atoms with Crippen molar-refractivity contribution in [2.24, 2.45) is 0 Å². The Balaban J connectivity index is 1.56. The summed E-state index contributed by atoms with van der Waals surface area (Å²) in [6.07, 6.45) is 1.36. The van der Waals surface area contributed by atoms with E-state index in [1.807, 2.05) is 70.2 Å². The fourth-order valence-corrected chi connectivity index (χ4v) is 3.62. The lowest BCUT2D eigenvalue weighted by molar-refractivity contribution is -0.154. The highest BCUT2D eigenvalue weighted by Gasteiger charge is 2.17. The van der Waals surface area contributed by atoms with Crippen LogP contribution >= 0.6 is 15.9 Å². The first-order valence-corrected chi connectivity index (χ1v) is 11.7. The molecule has 1 heterocycles. The highest BCUT2D eigenvalue weighted by Crippen LogP contribution is 2.24. The third-order valence-corrected chi connectivity index (χ3v) is 5.49. The van der Waals surface area contributed by atoms with Gasteiger partial charge in [-0.15, -0.1) is 0 Å². The van der Waals surface area contributed by atoms with Crippen LogP contribution in [0.3, 0.4) is 0 Å². The Morgan fingerprint density at radius 3 is 2.48 bits per heavy atom. The number of carbonyl (C=O) groups is 1. The van der Waals surface area contributed by atoms with Crippen LogP contribution in [0, 0.1) is 6.92 Å². The van der Waals surface area contributed by atoms with Gasteiger partial charge in [-0.1, -0.05) is 22.0 Å². The van der Waals surface area contributed by atoms with Crippen LogP contribution in [0.5, 0.6) is 5.75 Å². The minimum Gasteiger partial charge on any atom is -0.493 e. The second kappa shape index (κ2) is 11.0. The van der Waals surface area contributed by atoms with Crippen LogP contribution in [0.2, 0.25) is 0 Å². The predicted octanol–water partition coefficient (Wildman–Crippen LogP) is 5.80. The summed E-state index contributed by atoms with van der Waals surface area (Å²) >= 11 is 3.43. The molecule has 3 aromatic rings. The first-order chi connectivity index (χ1) is 15.6. The van der Waals surface area contributed by atoms with Gasteiger partial charge in [0.05, 0.1) is 18.9 Å². The summed E-state index contributed by atoms with van der Waals surface area (Å²) in [5, 5.41) is 9.77. The third-order valence-electron chi connectivity index (χ3n) is 4.96. The van der Waals surface area contributed by atoms with Crippen molar-refractivity contribution in [2.45, 2.75) is 59.2 Å². The molecule has 1 aromatic heterocycles. The standard InChI is InChI=1S/C26H30BrNO5/c1-17-23(28-25(32-17)19-5-9-21(27)10-6-19)13-14-31-22-11-7-18(20(15-22)16-29)8-12-24(30)33-26(2,3)4/h5-7,9-11,15,29H,8,12-14,16H2,1-4H3. The van der Waals surface area contributed by atoms with E-state index in [-0.39, 0.29) is 19.0 Å². The molecule has 0 bridgehead atoms. The zero-order valence-corrected chi connectivity index (χ0v) is 21.1. The lowest BCUT2D eigenvalue weighted by Gasteiger charge is -2.19. The number of halogens is 1. The zero-order chi connectivity index (χ0) is 24.0. The highest BCUT2D eigenvalue weighted by atomic mass is 79.9. The molecule has 0 aliphatic carbocycles. The maximum absolute atomic E-state index is 12.0. The molecule has 6 nitrogen and oxygen atoms in total. The first-order valence-electron chi connectivity index (χ1n) is 10.9. The van der Waals surface area contributed by atoms with Crippen LogP contribution < -0.4 is 4.74 Å². The number of aliphatic hydroxyl groups is 1. The van der Waals surface area contributed by atoms with Crippen molar-refractivity contribution >= 4 is 21.9 Å². The van der Waals surface area contributed by atoms with Gasteiger partial charge in [0.25, 0.3) is 0 Å². The molecule has 0 radical (unpaired) electrons. The maximum Gasteiger partial charge on any atom is 0.306 e. The van der Waals surface area contributed by atoms with E-state index in [1.54, 1.807) is 0 Å². The number of esters is 1. The molecule has 176 valence electrons. The summed E-state index contributed by atoms with van der Waals surface area (Å²) in [6.45, 7) is 7.73. The van der Waals surface area contributed by atoms with Gasteiger partial charge in [-0.05, 0) is 81.6 Å². The van der Waals surface area contributed by atoms with Gasteiger partial charge in [0.1, 0.15) is 17.1 Å². The molecule has 1 N–H and O–H groups in total. The minimum absolute atomic E-state index is 0.125. The van der Waals surface area contributed by atoms with Crippen molar-refractivity contribution in [1.82, 2.24) is 4.98 Å². The van der Waals surface area contributed by atoms with Crippen LogP contribution in [-0.2, 0) is 29.0 Å².